The highest BCUT2D eigenvalue weighted by atomic mass is 16.3. The molecule has 65 heavy (non-hydrogen) atoms. The Labute approximate surface area is 368 Å². The quantitative estimate of drug-likeness (QED) is 0.163. The summed E-state index contributed by atoms with van der Waals surface area (Å²) in [4.78, 5) is 11.5. The maximum atomic E-state index is 6.70. The first-order chi connectivity index (χ1) is 32.3. The Bertz CT molecular complexity index is 4660. The number of aromatic nitrogens is 7. The van der Waals surface area contributed by atoms with E-state index in [1.54, 1.807) is 0 Å². The van der Waals surface area contributed by atoms with Crippen molar-refractivity contribution in [1.82, 2.24) is 32.5 Å². The molecule has 2 aliphatic heterocycles. The molecule has 0 saturated carbocycles. The van der Waals surface area contributed by atoms with Crippen molar-refractivity contribution in [3.63, 3.8) is 0 Å². The molecule has 0 atom stereocenters. The van der Waals surface area contributed by atoms with Crippen LogP contribution in [0.1, 0.15) is 0 Å². The molecular formula is C56H30BN7O. The first-order valence-electron chi connectivity index (χ1n) is 22.2. The molecule has 0 N–H and O–H groups in total. The van der Waals surface area contributed by atoms with Crippen LogP contribution < -0.4 is 16.4 Å². The maximum absolute atomic E-state index is 6.70. The summed E-state index contributed by atoms with van der Waals surface area (Å²) < 4.78 is 19.0. The van der Waals surface area contributed by atoms with Crippen LogP contribution in [0.15, 0.2) is 186 Å². The number of imidazole rings is 2. The highest BCUT2D eigenvalue weighted by Crippen LogP contribution is 2.44. The Hall–Kier alpha value is -8.82. The third-order valence-corrected chi connectivity index (χ3v) is 14.6. The number of nitrogens with zero attached hydrogens (tertiary/aromatic N) is 7. The van der Waals surface area contributed by atoms with E-state index in [1.807, 2.05) is 0 Å². The van der Waals surface area contributed by atoms with Crippen molar-refractivity contribution in [3.8, 4) is 28.7 Å². The van der Waals surface area contributed by atoms with Gasteiger partial charge in [-0.25, -0.2) is 9.97 Å². The summed E-state index contributed by atoms with van der Waals surface area (Å²) in [6, 6.07) is 65.5. The molecule has 9 heteroatoms. The lowest BCUT2D eigenvalue weighted by molar-refractivity contribution is 0.669. The van der Waals surface area contributed by atoms with Gasteiger partial charge in [-0.15, -0.1) is 0 Å². The second-order valence-corrected chi connectivity index (χ2v) is 17.7. The fourth-order valence-electron chi connectivity index (χ4n) is 12.2. The number of para-hydroxylation sites is 6. The van der Waals surface area contributed by atoms with Crippen molar-refractivity contribution < 1.29 is 4.42 Å². The minimum absolute atomic E-state index is 0.197. The van der Waals surface area contributed by atoms with E-state index in [1.165, 1.54) is 38.0 Å². The van der Waals surface area contributed by atoms with Gasteiger partial charge in [0.15, 0.2) is 5.82 Å². The van der Waals surface area contributed by atoms with E-state index < -0.39 is 0 Å². The first kappa shape index (κ1) is 32.8. The van der Waals surface area contributed by atoms with Gasteiger partial charge in [0.1, 0.15) is 34.1 Å². The molecule has 0 radical (unpaired) electrons. The van der Waals surface area contributed by atoms with Gasteiger partial charge in [-0.2, -0.15) is 0 Å². The van der Waals surface area contributed by atoms with Crippen LogP contribution in [0.4, 0.5) is 0 Å². The lowest BCUT2D eigenvalue weighted by Crippen LogP contribution is -2.60. The number of rotatable bonds is 2. The van der Waals surface area contributed by atoms with Gasteiger partial charge >= 0.3 is 0 Å². The molecule has 0 unspecified atom stereocenters. The molecule has 8 nitrogen and oxygen atoms in total. The van der Waals surface area contributed by atoms with Gasteiger partial charge in [-0.05, 0) is 82.4 Å². The molecule has 9 heterocycles. The second kappa shape index (κ2) is 11.2. The van der Waals surface area contributed by atoms with Crippen LogP contribution in [-0.4, -0.2) is 39.2 Å². The normalized spacial score (nSPS) is 13.2. The van der Waals surface area contributed by atoms with Crippen LogP contribution in [0, 0.1) is 0 Å². The number of hydrogen-bond acceptors (Lipinski definition) is 3. The maximum Gasteiger partial charge on any atom is 0.262 e. The molecule has 0 spiro atoms. The third kappa shape index (κ3) is 3.74. The fourth-order valence-corrected chi connectivity index (χ4v) is 12.2. The number of furan rings is 1. The molecule has 8 aromatic carbocycles. The molecule has 17 rings (SSSR count). The zero-order valence-corrected chi connectivity index (χ0v) is 34.4. The molecule has 0 amide bonds. The van der Waals surface area contributed by atoms with Gasteiger partial charge in [-0.3, -0.25) is 17.9 Å². The Morgan fingerprint density at radius 1 is 0.385 bits per heavy atom. The molecule has 7 aromatic heterocycles. The summed E-state index contributed by atoms with van der Waals surface area (Å²) in [6.07, 6.45) is 0. The minimum atomic E-state index is -0.197. The Morgan fingerprint density at radius 2 is 1.00 bits per heavy atom. The molecule has 0 saturated heterocycles. The smallest absolute Gasteiger partial charge is 0.262 e. The molecule has 298 valence electrons. The summed E-state index contributed by atoms with van der Waals surface area (Å²) in [5, 5.41) is 7.02. The van der Waals surface area contributed by atoms with Gasteiger partial charge < -0.3 is 8.98 Å². The first-order valence-corrected chi connectivity index (χ1v) is 22.2. The van der Waals surface area contributed by atoms with Gasteiger partial charge in [0.2, 0.25) is 0 Å². The number of hydrogen-bond donors (Lipinski definition) is 0. The predicted molar refractivity (Wildman–Crippen MR) is 264 cm³/mol. The van der Waals surface area contributed by atoms with Crippen molar-refractivity contribution in [3.05, 3.63) is 182 Å². The lowest BCUT2D eigenvalue weighted by Gasteiger charge is -2.30. The molecule has 0 aliphatic carbocycles. The van der Waals surface area contributed by atoms with Crippen LogP contribution in [0.3, 0.4) is 0 Å². The molecular weight excluding hydrogens is 797 g/mol. The van der Waals surface area contributed by atoms with Crippen LogP contribution in [0.5, 0.6) is 0 Å². The molecule has 0 fully saturated rings. The molecule has 2 aliphatic rings. The Morgan fingerprint density at radius 3 is 1.83 bits per heavy atom. The summed E-state index contributed by atoms with van der Waals surface area (Å²) in [5.41, 5.74) is 18.8. The van der Waals surface area contributed by atoms with E-state index in [9.17, 15) is 0 Å². The zero-order chi connectivity index (χ0) is 41.8. The van der Waals surface area contributed by atoms with E-state index >= 15 is 0 Å². The fraction of sp³-hybridized carbons (Fsp3) is 0. The van der Waals surface area contributed by atoms with E-state index in [-0.39, 0.29) is 6.71 Å². The molecule has 0 bridgehead atoms. The topological polar surface area (TPSA) is 62.5 Å². The van der Waals surface area contributed by atoms with Crippen LogP contribution in [-0.2, 0) is 0 Å². The van der Waals surface area contributed by atoms with Crippen LogP contribution in [0.25, 0.3) is 128 Å². The predicted octanol–water partition coefficient (Wildman–Crippen LogP) is 11.0. The van der Waals surface area contributed by atoms with Crippen molar-refractivity contribution in [2.45, 2.75) is 0 Å². The number of benzene rings is 8. The highest BCUT2D eigenvalue weighted by Gasteiger charge is 2.47. The SMILES string of the molecule is c1ccc(-c2nc3c4c(n2)-n2c5c6c7ccccc7n(-c7ccccc7)c6ccc5n5c6cc7oc8ccccc8c7cc6c(c25)B4c2c4ccccc4n4c5ccccc5n-3c24)cc1. The average Bonchev–Trinajstić information content (AvgIpc) is 4.20. The number of fused-ring (bicyclic) bond motifs is 23. The highest BCUT2D eigenvalue weighted by molar-refractivity contribution is 7.02. The van der Waals surface area contributed by atoms with Gasteiger partial charge in [0.25, 0.3) is 6.71 Å². The van der Waals surface area contributed by atoms with E-state index in [0.29, 0.717) is 5.82 Å². The van der Waals surface area contributed by atoms with E-state index in [0.717, 1.165) is 100 Å². The van der Waals surface area contributed by atoms with E-state index in [4.69, 9.17) is 14.4 Å². The summed E-state index contributed by atoms with van der Waals surface area (Å²) in [6.45, 7) is -0.197. The van der Waals surface area contributed by atoms with Crippen molar-refractivity contribution in [2.75, 3.05) is 0 Å². The van der Waals surface area contributed by atoms with Crippen molar-refractivity contribution >= 4 is 122 Å². The van der Waals surface area contributed by atoms with Crippen LogP contribution in [0.2, 0.25) is 0 Å². The summed E-state index contributed by atoms with van der Waals surface area (Å²) in [7, 11) is 0. The lowest BCUT2D eigenvalue weighted by atomic mass is 9.35. The monoisotopic (exact) mass is 827 g/mol. The van der Waals surface area contributed by atoms with E-state index in [2.05, 4.69) is 204 Å². The molecule has 15 aromatic rings. The second-order valence-electron chi connectivity index (χ2n) is 17.7. The van der Waals surface area contributed by atoms with Crippen molar-refractivity contribution in [1.29, 1.82) is 0 Å². The third-order valence-electron chi connectivity index (χ3n) is 14.6. The summed E-state index contributed by atoms with van der Waals surface area (Å²) in [5.74, 6) is 2.50. The zero-order valence-electron chi connectivity index (χ0n) is 34.4. The van der Waals surface area contributed by atoms with Gasteiger partial charge in [0, 0.05) is 44.3 Å². The Balaban J connectivity index is 1.16. The van der Waals surface area contributed by atoms with Crippen LogP contribution >= 0.6 is 0 Å². The Kier molecular flexibility index (Phi) is 5.67. The summed E-state index contributed by atoms with van der Waals surface area (Å²) >= 11 is 0. The van der Waals surface area contributed by atoms with Gasteiger partial charge in [0.05, 0.1) is 44.1 Å². The average molecular weight is 828 g/mol. The van der Waals surface area contributed by atoms with Gasteiger partial charge in [-0.1, -0.05) is 115 Å². The standard InChI is InChI=1S/C56H30BN7O/c1-3-15-31(16-4-1)52-58-53-50-54(59-52)64-51-43(28-27-42-47(51)34-20-7-10-22-38(34)60(42)32-17-5-2-6-18-32)62-44-30-46-36(33-19-9-14-26-45(33)65-46)29-37(44)49(56(62)64)57(50)48-35-21-8-11-23-39(35)61-40-24-12-13-25-41(40)63(53)55(48)61/h1-30H. The van der Waals surface area contributed by atoms with Crippen molar-refractivity contribution in [2.24, 2.45) is 0 Å². The largest absolute Gasteiger partial charge is 0.456 e. The minimum Gasteiger partial charge on any atom is -0.456 e.